The predicted molar refractivity (Wildman–Crippen MR) is 84.3 cm³/mol. The zero-order chi connectivity index (χ0) is 15.2. The Bertz CT molecular complexity index is 611. The number of benzene rings is 2. The second kappa shape index (κ2) is 6.79. The van der Waals surface area contributed by atoms with E-state index in [9.17, 15) is 4.79 Å². The second-order valence-corrected chi connectivity index (χ2v) is 4.80. The van der Waals surface area contributed by atoms with Crippen LogP contribution < -0.4 is 10.5 Å². The summed E-state index contributed by atoms with van der Waals surface area (Å²) >= 11 is 0. The molecule has 0 fully saturated rings. The minimum Gasteiger partial charge on any atom is -0.491 e. The Labute approximate surface area is 125 Å². The van der Waals surface area contributed by atoms with E-state index in [-0.39, 0.29) is 5.91 Å². The van der Waals surface area contributed by atoms with E-state index in [1.165, 1.54) is 0 Å². The number of hydrogen-bond donors (Lipinski definition) is 1. The number of nitrogens with zero attached hydrogens (tertiary/aromatic N) is 1. The first kappa shape index (κ1) is 14.9. The van der Waals surface area contributed by atoms with Gasteiger partial charge in [-0.2, -0.15) is 0 Å². The molecule has 0 saturated carbocycles. The smallest absolute Gasteiger partial charge is 0.257 e. The lowest BCUT2D eigenvalue weighted by Crippen LogP contribution is -2.26. The van der Waals surface area contributed by atoms with Gasteiger partial charge in [-0.15, -0.1) is 0 Å². The molecule has 2 rings (SSSR count). The molecule has 0 aromatic heterocycles. The number of amides is 1. The van der Waals surface area contributed by atoms with Crippen molar-refractivity contribution in [1.82, 2.24) is 4.90 Å². The van der Waals surface area contributed by atoms with Crippen molar-refractivity contribution in [3.8, 4) is 5.75 Å². The molecular formula is C17H20N2O2. The van der Waals surface area contributed by atoms with Crippen LogP contribution in [0, 0.1) is 0 Å². The summed E-state index contributed by atoms with van der Waals surface area (Å²) in [7, 11) is 1.77. The van der Waals surface area contributed by atoms with Crippen LogP contribution in [0.2, 0.25) is 0 Å². The summed E-state index contributed by atoms with van der Waals surface area (Å²) in [6.45, 7) is 2.88. The molecule has 0 bridgehead atoms. The average molecular weight is 284 g/mol. The first-order valence-corrected chi connectivity index (χ1v) is 6.94. The molecule has 2 N–H and O–H groups in total. The summed E-state index contributed by atoms with van der Waals surface area (Å²) in [4.78, 5) is 14.2. The van der Waals surface area contributed by atoms with E-state index in [1.54, 1.807) is 30.1 Å². The van der Waals surface area contributed by atoms with Crippen LogP contribution in [0.3, 0.4) is 0 Å². The molecule has 0 aliphatic heterocycles. The molecule has 0 heterocycles. The van der Waals surface area contributed by atoms with Crippen LogP contribution in [-0.2, 0) is 6.54 Å². The molecule has 2 aromatic rings. The van der Waals surface area contributed by atoms with Crippen LogP contribution in [-0.4, -0.2) is 24.5 Å². The van der Waals surface area contributed by atoms with Gasteiger partial charge in [0.25, 0.3) is 5.91 Å². The van der Waals surface area contributed by atoms with Crippen molar-refractivity contribution < 1.29 is 9.53 Å². The van der Waals surface area contributed by atoms with Gasteiger partial charge < -0.3 is 15.4 Å². The Morgan fingerprint density at radius 2 is 1.86 bits per heavy atom. The quantitative estimate of drug-likeness (QED) is 0.859. The van der Waals surface area contributed by atoms with Gasteiger partial charge in [0.05, 0.1) is 17.9 Å². The van der Waals surface area contributed by atoms with Crippen LogP contribution in [0.5, 0.6) is 5.75 Å². The summed E-state index contributed by atoms with van der Waals surface area (Å²) in [5.74, 6) is 0.361. The van der Waals surface area contributed by atoms with E-state index in [0.717, 1.165) is 5.56 Å². The minimum absolute atomic E-state index is 0.102. The Balaban J connectivity index is 2.21. The van der Waals surface area contributed by atoms with Gasteiger partial charge in [0.15, 0.2) is 5.75 Å². The van der Waals surface area contributed by atoms with E-state index in [2.05, 4.69) is 0 Å². The third-order valence-electron chi connectivity index (χ3n) is 3.17. The maximum Gasteiger partial charge on any atom is 0.257 e. The summed E-state index contributed by atoms with van der Waals surface area (Å²) in [5.41, 5.74) is 7.96. The SMILES string of the molecule is CCOc1c(N)cccc1C(=O)N(C)Cc1ccccc1. The molecule has 21 heavy (non-hydrogen) atoms. The molecule has 0 spiro atoms. The van der Waals surface area contributed by atoms with Crippen LogP contribution >= 0.6 is 0 Å². The molecule has 4 nitrogen and oxygen atoms in total. The Morgan fingerprint density at radius 1 is 1.14 bits per heavy atom. The number of carbonyl (C=O) groups is 1. The normalized spacial score (nSPS) is 10.2. The van der Waals surface area contributed by atoms with Crippen LogP contribution in [0.1, 0.15) is 22.8 Å². The molecular weight excluding hydrogens is 264 g/mol. The fraction of sp³-hybridized carbons (Fsp3) is 0.235. The number of hydrogen-bond acceptors (Lipinski definition) is 3. The average Bonchev–Trinajstić information content (AvgIpc) is 2.50. The van der Waals surface area contributed by atoms with E-state index in [1.807, 2.05) is 37.3 Å². The number of nitrogen functional groups attached to an aromatic ring is 1. The Kier molecular flexibility index (Phi) is 4.82. The Hall–Kier alpha value is -2.49. The number of nitrogens with two attached hydrogens (primary N) is 1. The van der Waals surface area contributed by atoms with Gasteiger partial charge in [-0.1, -0.05) is 36.4 Å². The molecule has 1 amide bonds. The number of anilines is 1. The highest BCUT2D eigenvalue weighted by molar-refractivity contribution is 5.98. The van der Waals surface area contributed by atoms with E-state index < -0.39 is 0 Å². The van der Waals surface area contributed by atoms with Gasteiger partial charge in [0.1, 0.15) is 0 Å². The molecule has 0 aliphatic rings. The summed E-state index contributed by atoms with van der Waals surface area (Å²) in [6.07, 6.45) is 0. The number of rotatable bonds is 5. The molecule has 4 heteroatoms. The molecule has 2 aromatic carbocycles. The van der Waals surface area contributed by atoms with Crippen molar-refractivity contribution in [3.63, 3.8) is 0 Å². The van der Waals surface area contributed by atoms with Gasteiger partial charge in [0, 0.05) is 13.6 Å². The maximum absolute atomic E-state index is 12.6. The zero-order valence-corrected chi connectivity index (χ0v) is 12.4. The van der Waals surface area contributed by atoms with Crippen molar-refractivity contribution in [2.45, 2.75) is 13.5 Å². The monoisotopic (exact) mass is 284 g/mol. The van der Waals surface area contributed by atoms with Crippen molar-refractivity contribution in [2.24, 2.45) is 0 Å². The highest BCUT2D eigenvalue weighted by atomic mass is 16.5. The summed E-state index contributed by atoms with van der Waals surface area (Å²) in [5, 5.41) is 0. The van der Waals surface area contributed by atoms with Crippen molar-refractivity contribution >= 4 is 11.6 Å². The fourth-order valence-corrected chi connectivity index (χ4v) is 2.16. The molecule has 0 radical (unpaired) electrons. The topological polar surface area (TPSA) is 55.6 Å². The highest BCUT2D eigenvalue weighted by Gasteiger charge is 2.18. The maximum atomic E-state index is 12.6. The highest BCUT2D eigenvalue weighted by Crippen LogP contribution is 2.27. The van der Waals surface area contributed by atoms with Gasteiger partial charge in [0.2, 0.25) is 0 Å². The second-order valence-electron chi connectivity index (χ2n) is 4.80. The number of para-hydroxylation sites is 1. The van der Waals surface area contributed by atoms with E-state index in [4.69, 9.17) is 10.5 Å². The van der Waals surface area contributed by atoms with Crippen molar-refractivity contribution in [3.05, 3.63) is 59.7 Å². The predicted octanol–water partition coefficient (Wildman–Crippen LogP) is 2.94. The zero-order valence-electron chi connectivity index (χ0n) is 12.4. The van der Waals surface area contributed by atoms with Crippen LogP contribution in [0.4, 0.5) is 5.69 Å². The summed E-state index contributed by atoms with van der Waals surface area (Å²) < 4.78 is 5.52. The first-order valence-electron chi connectivity index (χ1n) is 6.94. The van der Waals surface area contributed by atoms with Gasteiger partial charge in [-0.05, 0) is 24.6 Å². The number of carbonyl (C=O) groups excluding carboxylic acids is 1. The molecule has 0 atom stereocenters. The van der Waals surface area contributed by atoms with Gasteiger partial charge in [-0.3, -0.25) is 4.79 Å². The standard InChI is InChI=1S/C17H20N2O2/c1-3-21-16-14(10-7-11-15(16)18)17(20)19(2)12-13-8-5-4-6-9-13/h4-11H,3,12,18H2,1-2H3. The van der Waals surface area contributed by atoms with Gasteiger partial charge >= 0.3 is 0 Å². The minimum atomic E-state index is -0.102. The largest absolute Gasteiger partial charge is 0.491 e. The van der Waals surface area contributed by atoms with Crippen LogP contribution in [0.25, 0.3) is 0 Å². The molecule has 0 aliphatic carbocycles. The third-order valence-corrected chi connectivity index (χ3v) is 3.17. The van der Waals surface area contributed by atoms with Crippen LogP contribution in [0.15, 0.2) is 48.5 Å². The molecule has 0 saturated heterocycles. The lowest BCUT2D eigenvalue weighted by Gasteiger charge is -2.20. The molecule has 0 unspecified atom stereocenters. The number of ether oxygens (including phenoxy) is 1. The summed E-state index contributed by atoms with van der Waals surface area (Å²) in [6, 6.07) is 15.1. The lowest BCUT2D eigenvalue weighted by molar-refractivity contribution is 0.0781. The van der Waals surface area contributed by atoms with E-state index in [0.29, 0.717) is 30.2 Å². The van der Waals surface area contributed by atoms with Gasteiger partial charge in [-0.25, -0.2) is 0 Å². The van der Waals surface area contributed by atoms with E-state index >= 15 is 0 Å². The fourth-order valence-electron chi connectivity index (χ4n) is 2.16. The first-order chi connectivity index (χ1) is 10.1. The van der Waals surface area contributed by atoms with Crippen molar-refractivity contribution in [2.75, 3.05) is 19.4 Å². The third kappa shape index (κ3) is 3.54. The lowest BCUT2D eigenvalue weighted by atomic mass is 10.1. The Morgan fingerprint density at radius 3 is 2.52 bits per heavy atom. The van der Waals surface area contributed by atoms with Crippen molar-refractivity contribution in [1.29, 1.82) is 0 Å². The molecule has 110 valence electrons.